The van der Waals surface area contributed by atoms with Crippen LogP contribution < -0.4 is 10.2 Å². The van der Waals surface area contributed by atoms with E-state index in [0.717, 1.165) is 50.5 Å². The van der Waals surface area contributed by atoms with E-state index in [0.29, 0.717) is 30.0 Å². The van der Waals surface area contributed by atoms with E-state index in [1.54, 1.807) is 11.0 Å². The molecule has 1 heterocycles. The van der Waals surface area contributed by atoms with Crippen LogP contribution in [-0.4, -0.2) is 29.3 Å². The second-order valence-corrected chi connectivity index (χ2v) is 8.67. The maximum absolute atomic E-state index is 14.3. The molecule has 2 atom stereocenters. The van der Waals surface area contributed by atoms with E-state index in [1.165, 1.54) is 6.07 Å². The largest absolute Gasteiger partial charge is 0.390 e. The second-order valence-electron chi connectivity index (χ2n) is 8.67. The van der Waals surface area contributed by atoms with Crippen LogP contribution in [0.1, 0.15) is 44.1 Å². The molecule has 4 aliphatic carbocycles. The highest BCUT2D eigenvalue weighted by molar-refractivity contribution is 5.93. The molecule has 0 spiro atoms. The number of nitrogens with one attached hydrogen (secondary N) is 1. The predicted octanol–water partition coefficient (Wildman–Crippen LogP) is 3.23. The summed E-state index contributed by atoms with van der Waals surface area (Å²) in [5.41, 5.74) is 0.871. The Kier molecular flexibility index (Phi) is 3.40. The number of amides is 2. The van der Waals surface area contributed by atoms with E-state index in [9.17, 15) is 14.3 Å². The van der Waals surface area contributed by atoms with Crippen LogP contribution in [0.15, 0.2) is 18.2 Å². The Morgan fingerprint density at radius 2 is 2.00 bits per heavy atom. The lowest BCUT2D eigenvalue weighted by molar-refractivity contribution is -0.136. The van der Waals surface area contributed by atoms with E-state index < -0.39 is 5.60 Å². The van der Waals surface area contributed by atoms with Gasteiger partial charge in [0.25, 0.3) is 0 Å². The third-order valence-corrected chi connectivity index (χ3v) is 6.94. The predicted molar refractivity (Wildman–Crippen MR) is 92.9 cm³/mol. The number of benzene rings is 1. The average Bonchev–Trinajstić information content (AvgIpc) is 2.56. The van der Waals surface area contributed by atoms with Crippen molar-refractivity contribution in [3.63, 3.8) is 0 Å². The number of halogens is 1. The Labute approximate surface area is 147 Å². The highest BCUT2D eigenvalue weighted by Crippen LogP contribution is 2.55. The average molecular weight is 344 g/mol. The molecule has 0 aromatic heterocycles. The Hall–Kier alpha value is -1.62. The maximum Gasteiger partial charge on any atom is 0.322 e. The van der Waals surface area contributed by atoms with Gasteiger partial charge in [-0.3, -0.25) is 4.90 Å². The molecule has 25 heavy (non-hydrogen) atoms. The lowest BCUT2D eigenvalue weighted by Gasteiger charge is -2.58. The van der Waals surface area contributed by atoms with Crippen LogP contribution in [0.4, 0.5) is 14.9 Å². The van der Waals surface area contributed by atoms with E-state index in [4.69, 9.17) is 0 Å². The zero-order valence-electron chi connectivity index (χ0n) is 14.4. The number of aliphatic hydroxyl groups is 1. The molecule has 1 aromatic rings. The fourth-order valence-electron chi connectivity index (χ4n) is 6.24. The monoisotopic (exact) mass is 344 g/mol. The van der Waals surface area contributed by atoms with E-state index in [-0.39, 0.29) is 17.9 Å². The summed E-state index contributed by atoms with van der Waals surface area (Å²) in [6.45, 7) is 0.564. The zero-order chi connectivity index (χ0) is 17.2. The van der Waals surface area contributed by atoms with E-state index in [2.05, 4.69) is 5.32 Å². The van der Waals surface area contributed by atoms with Crippen LogP contribution in [0.2, 0.25) is 0 Å². The van der Waals surface area contributed by atoms with Crippen LogP contribution in [0, 0.1) is 23.6 Å². The molecule has 134 valence electrons. The number of hydrogen-bond donors (Lipinski definition) is 2. The molecule has 2 unspecified atom stereocenters. The standard InChI is InChI=1S/C20H25FN2O2/c21-16-5-1-3-13-4-2-6-23(18(13)16)19(24)22-17-14-7-12-8-15(17)11-20(25,9-12)10-14/h1,3,5,12,14-15,17,25H,2,4,6-11H2,(H,22,24)/t12?,14?,15?,17-,20-. The van der Waals surface area contributed by atoms with Crippen molar-refractivity contribution in [2.24, 2.45) is 17.8 Å². The highest BCUT2D eigenvalue weighted by Gasteiger charge is 2.55. The van der Waals surface area contributed by atoms with Gasteiger partial charge in [0.05, 0.1) is 11.3 Å². The Morgan fingerprint density at radius 3 is 2.72 bits per heavy atom. The fraction of sp³-hybridized carbons (Fsp3) is 0.650. The Morgan fingerprint density at radius 1 is 1.24 bits per heavy atom. The molecule has 5 heteroatoms. The summed E-state index contributed by atoms with van der Waals surface area (Å²) in [5, 5.41) is 13.9. The molecule has 4 saturated carbocycles. The molecule has 4 fully saturated rings. The quantitative estimate of drug-likeness (QED) is 0.822. The van der Waals surface area contributed by atoms with Gasteiger partial charge in [-0.15, -0.1) is 0 Å². The zero-order valence-corrected chi connectivity index (χ0v) is 14.4. The van der Waals surface area contributed by atoms with Gasteiger partial charge in [0.2, 0.25) is 0 Å². The molecule has 1 aromatic carbocycles. The normalized spacial score (nSPS) is 38.6. The van der Waals surface area contributed by atoms with Crippen LogP contribution in [0.3, 0.4) is 0 Å². The summed E-state index contributed by atoms with van der Waals surface area (Å²) in [6.07, 6.45) is 6.43. The van der Waals surface area contributed by atoms with Gasteiger partial charge < -0.3 is 10.4 Å². The fourth-order valence-corrected chi connectivity index (χ4v) is 6.24. The van der Waals surface area contributed by atoms with Gasteiger partial charge in [-0.05, 0) is 74.3 Å². The van der Waals surface area contributed by atoms with E-state index in [1.807, 2.05) is 6.07 Å². The first kappa shape index (κ1) is 15.6. The number of carbonyl (C=O) groups excluding carboxylic acids is 1. The first-order valence-corrected chi connectivity index (χ1v) is 9.60. The minimum atomic E-state index is -0.498. The summed E-state index contributed by atoms with van der Waals surface area (Å²) in [5.74, 6) is 1.03. The second kappa shape index (κ2) is 5.44. The number of hydrogen-bond acceptors (Lipinski definition) is 2. The SMILES string of the molecule is O=C(N[C@H]1C2CC3CC1C[C@](O)(C3)C2)N1CCCc2cccc(F)c21. The summed E-state index contributed by atoms with van der Waals surface area (Å²) in [7, 11) is 0. The van der Waals surface area contributed by atoms with Gasteiger partial charge in [-0.1, -0.05) is 12.1 Å². The van der Waals surface area contributed by atoms with Crippen molar-refractivity contribution in [2.75, 3.05) is 11.4 Å². The van der Waals surface area contributed by atoms with Crippen LogP contribution in [0.25, 0.3) is 0 Å². The molecule has 4 bridgehead atoms. The van der Waals surface area contributed by atoms with Crippen molar-refractivity contribution < 1.29 is 14.3 Å². The Bertz CT molecular complexity index is 706. The smallest absolute Gasteiger partial charge is 0.322 e. The van der Waals surface area contributed by atoms with Crippen LogP contribution >= 0.6 is 0 Å². The van der Waals surface area contributed by atoms with Crippen molar-refractivity contribution in [3.05, 3.63) is 29.6 Å². The number of anilines is 1. The van der Waals surface area contributed by atoms with Gasteiger partial charge in [0.15, 0.2) is 0 Å². The highest BCUT2D eigenvalue weighted by atomic mass is 19.1. The molecular weight excluding hydrogens is 319 g/mol. The molecule has 6 rings (SSSR count). The summed E-state index contributed by atoms with van der Waals surface area (Å²) in [6, 6.07) is 5.02. The minimum Gasteiger partial charge on any atom is -0.390 e. The maximum atomic E-state index is 14.3. The summed E-state index contributed by atoms with van der Waals surface area (Å²) >= 11 is 0. The van der Waals surface area contributed by atoms with Gasteiger partial charge in [0, 0.05) is 12.6 Å². The third kappa shape index (κ3) is 2.47. The van der Waals surface area contributed by atoms with Crippen molar-refractivity contribution in [2.45, 2.75) is 56.6 Å². The Balaban J connectivity index is 1.37. The van der Waals surface area contributed by atoms with Crippen molar-refractivity contribution in [1.82, 2.24) is 5.32 Å². The lowest BCUT2D eigenvalue weighted by Crippen LogP contribution is -2.63. The first-order chi connectivity index (χ1) is 12.0. The molecule has 5 aliphatic rings. The number of carbonyl (C=O) groups is 1. The molecular formula is C20H25FN2O2. The van der Waals surface area contributed by atoms with Gasteiger partial charge in [-0.25, -0.2) is 9.18 Å². The summed E-state index contributed by atoms with van der Waals surface area (Å²) < 4.78 is 14.3. The van der Waals surface area contributed by atoms with Gasteiger partial charge in [0.1, 0.15) is 5.82 Å². The van der Waals surface area contributed by atoms with Gasteiger partial charge in [-0.2, -0.15) is 0 Å². The van der Waals surface area contributed by atoms with Crippen molar-refractivity contribution in [3.8, 4) is 0 Å². The molecule has 1 aliphatic heterocycles. The number of aryl methyl sites for hydroxylation is 1. The molecule has 0 radical (unpaired) electrons. The first-order valence-electron chi connectivity index (χ1n) is 9.60. The number of rotatable bonds is 1. The molecule has 0 saturated heterocycles. The minimum absolute atomic E-state index is 0.126. The number of para-hydroxylation sites is 1. The number of fused-ring (bicyclic) bond motifs is 1. The molecule has 2 N–H and O–H groups in total. The third-order valence-electron chi connectivity index (χ3n) is 6.94. The lowest BCUT2D eigenvalue weighted by atomic mass is 9.52. The van der Waals surface area contributed by atoms with E-state index >= 15 is 0 Å². The van der Waals surface area contributed by atoms with Crippen LogP contribution in [-0.2, 0) is 6.42 Å². The molecule has 2 amide bonds. The topological polar surface area (TPSA) is 52.6 Å². The molecule has 4 nitrogen and oxygen atoms in total. The van der Waals surface area contributed by atoms with Gasteiger partial charge >= 0.3 is 6.03 Å². The van der Waals surface area contributed by atoms with Crippen molar-refractivity contribution >= 4 is 11.7 Å². The number of nitrogens with zero attached hydrogens (tertiary/aromatic N) is 1. The summed E-state index contributed by atoms with van der Waals surface area (Å²) in [4.78, 5) is 14.6. The van der Waals surface area contributed by atoms with Crippen LogP contribution in [0.5, 0.6) is 0 Å². The van der Waals surface area contributed by atoms with Crippen molar-refractivity contribution in [1.29, 1.82) is 0 Å². The number of urea groups is 1.